The molecule has 1 N–H and O–H groups in total. The van der Waals surface area contributed by atoms with Gasteiger partial charge in [-0.2, -0.15) is 0 Å². The Labute approximate surface area is 116 Å². The molecule has 0 bridgehead atoms. The first-order valence-corrected chi connectivity index (χ1v) is 6.21. The van der Waals surface area contributed by atoms with E-state index >= 15 is 0 Å². The zero-order valence-corrected chi connectivity index (χ0v) is 11.8. The molecule has 2 aromatic rings. The molecule has 0 aliphatic rings. The maximum absolute atomic E-state index is 11.7. The molecular formula is C12H10BrN3O3. The summed E-state index contributed by atoms with van der Waals surface area (Å²) in [4.78, 5) is 28.8. The van der Waals surface area contributed by atoms with Gasteiger partial charge in [-0.25, -0.2) is 4.98 Å². The quantitative estimate of drug-likeness (QED) is 0.679. The highest BCUT2D eigenvalue weighted by molar-refractivity contribution is 9.10. The largest absolute Gasteiger partial charge is 0.306 e. The molecule has 0 aliphatic carbocycles. The van der Waals surface area contributed by atoms with Crippen LogP contribution in [0.5, 0.6) is 0 Å². The predicted octanol–water partition coefficient (Wildman–Crippen LogP) is 2.72. The Kier molecular flexibility index (Phi) is 3.48. The molecule has 0 unspecified atom stereocenters. The van der Waals surface area contributed by atoms with E-state index in [4.69, 9.17) is 0 Å². The highest BCUT2D eigenvalue weighted by Gasteiger charge is 2.13. The van der Waals surface area contributed by atoms with Gasteiger partial charge in [0.15, 0.2) is 0 Å². The summed E-state index contributed by atoms with van der Waals surface area (Å²) in [5.74, 6) is 0.326. The van der Waals surface area contributed by atoms with Crippen molar-refractivity contribution in [1.82, 2.24) is 9.97 Å². The Hall–Kier alpha value is -2.02. The smallest absolute Gasteiger partial charge is 0.270 e. The van der Waals surface area contributed by atoms with Gasteiger partial charge in [0, 0.05) is 17.7 Å². The van der Waals surface area contributed by atoms with Gasteiger partial charge in [-0.05, 0) is 35.3 Å². The average Bonchev–Trinajstić information content (AvgIpc) is 2.35. The summed E-state index contributed by atoms with van der Waals surface area (Å²) in [7, 11) is 0. The van der Waals surface area contributed by atoms with E-state index in [9.17, 15) is 14.9 Å². The lowest BCUT2D eigenvalue weighted by Crippen LogP contribution is -2.12. The molecule has 19 heavy (non-hydrogen) atoms. The number of hydrogen-bond acceptors (Lipinski definition) is 4. The van der Waals surface area contributed by atoms with Gasteiger partial charge in [0.25, 0.3) is 11.2 Å². The number of hydrogen-bond donors (Lipinski definition) is 1. The van der Waals surface area contributed by atoms with E-state index in [1.807, 2.05) is 0 Å². The van der Waals surface area contributed by atoms with E-state index < -0.39 is 4.92 Å². The number of nitrogens with one attached hydrogen (secondary N) is 1. The number of nitro groups is 1. The van der Waals surface area contributed by atoms with Crippen molar-refractivity contribution in [3.8, 4) is 11.4 Å². The molecule has 98 valence electrons. The van der Waals surface area contributed by atoms with Crippen molar-refractivity contribution in [2.24, 2.45) is 0 Å². The fourth-order valence-corrected chi connectivity index (χ4v) is 1.87. The SMILES string of the molecule is Cc1ccc([N+](=O)[O-])cc1-c1nc(C)c(Br)c(=O)[nH]1. The van der Waals surface area contributed by atoms with Gasteiger partial charge >= 0.3 is 0 Å². The maximum atomic E-state index is 11.7. The monoisotopic (exact) mass is 323 g/mol. The highest BCUT2D eigenvalue weighted by atomic mass is 79.9. The third-order valence-electron chi connectivity index (χ3n) is 2.72. The van der Waals surface area contributed by atoms with Crippen LogP contribution in [0.3, 0.4) is 0 Å². The predicted molar refractivity (Wildman–Crippen MR) is 74.1 cm³/mol. The summed E-state index contributed by atoms with van der Waals surface area (Å²) in [5.41, 5.74) is 1.53. The van der Waals surface area contributed by atoms with Gasteiger partial charge in [0.05, 0.1) is 10.6 Å². The first-order valence-electron chi connectivity index (χ1n) is 5.42. The van der Waals surface area contributed by atoms with Crippen LogP contribution < -0.4 is 5.56 Å². The maximum Gasteiger partial charge on any atom is 0.270 e. The lowest BCUT2D eigenvalue weighted by molar-refractivity contribution is -0.384. The highest BCUT2D eigenvalue weighted by Crippen LogP contribution is 2.25. The first-order chi connectivity index (χ1) is 8.90. The average molecular weight is 324 g/mol. The fraction of sp³-hybridized carbons (Fsp3) is 0.167. The molecule has 0 spiro atoms. The van der Waals surface area contributed by atoms with Crippen LogP contribution >= 0.6 is 15.9 Å². The second-order valence-electron chi connectivity index (χ2n) is 4.07. The Balaban J connectivity index is 2.68. The number of rotatable bonds is 2. The van der Waals surface area contributed by atoms with Crippen molar-refractivity contribution in [2.75, 3.05) is 0 Å². The molecule has 0 atom stereocenters. The number of nitrogens with zero attached hydrogens (tertiary/aromatic N) is 2. The van der Waals surface area contributed by atoms with Crippen LogP contribution in [0.25, 0.3) is 11.4 Å². The van der Waals surface area contributed by atoms with Crippen LogP contribution in [0.2, 0.25) is 0 Å². The van der Waals surface area contributed by atoms with Crippen LogP contribution in [-0.4, -0.2) is 14.9 Å². The van der Waals surface area contributed by atoms with Crippen LogP contribution in [0.4, 0.5) is 5.69 Å². The molecule has 6 nitrogen and oxygen atoms in total. The topological polar surface area (TPSA) is 88.9 Å². The lowest BCUT2D eigenvalue weighted by atomic mass is 10.1. The minimum Gasteiger partial charge on any atom is -0.306 e. The van der Waals surface area contributed by atoms with Gasteiger partial charge in [0.1, 0.15) is 10.3 Å². The summed E-state index contributed by atoms with van der Waals surface area (Å²) < 4.78 is 0.360. The number of H-pyrrole nitrogens is 1. The lowest BCUT2D eigenvalue weighted by Gasteiger charge is -2.06. The summed E-state index contributed by atoms with van der Waals surface area (Å²) >= 11 is 3.13. The van der Waals surface area contributed by atoms with Crippen molar-refractivity contribution in [1.29, 1.82) is 0 Å². The molecule has 1 heterocycles. The summed E-state index contributed by atoms with van der Waals surface area (Å²) in [6.45, 7) is 3.49. The minimum atomic E-state index is -0.479. The van der Waals surface area contributed by atoms with E-state index in [0.717, 1.165) is 5.56 Å². The third-order valence-corrected chi connectivity index (χ3v) is 3.65. The molecule has 0 radical (unpaired) electrons. The summed E-state index contributed by atoms with van der Waals surface area (Å²) in [6, 6.07) is 4.45. The number of aryl methyl sites for hydroxylation is 2. The van der Waals surface area contributed by atoms with Gasteiger partial charge in [-0.15, -0.1) is 0 Å². The van der Waals surface area contributed by atoms with Crippen molar-refractivity contribution in [3.63, 3.8) is 0 Å². The van der Waals surface area contributed by atoms with Gasteiger partial charge < -0.3 is 4.98 Å². The third kappa shape index (κ3) is 2.55. The van der Waals surface area contributed by atoms with Crippen molar-refractivity contribution < 1.29 is 4.92 Å². The number of non-ortho nitro benzene ring substituents is 1. The molecule has 0 saturated carbocycles. The number of halogens is 1. The van der Waals surface area contributed by atoms with Crippen LogP contribution in [-0.2, 0) is 0 Å². The Morgan fingerprint density at radius 3 is 2.63 bits per heavy atom. The normalized spacial score (nSPS) is 10.5. The van der Waals surface area contributed by atoms with Crippen LogP contribution in [0.1, 0.15) is 11.3 Å². The second kappa shape index (κ2) is 4.93. The van der Waals surface area contributed by atoms with Crippen molar-refractivity contribution in [2.45, 2.75) is 13.8 Å². The Morgan fingerprint density at radius 1 is 1.37 bits per heavy atom. The van der Waals surface area contributed by atoms with E-state index in [1.165, 1.54) is 12.1 Å². The molecular weight excluding hydrogens is 314 g/mol. The molecule has 0 aliphatic heterocycles. The number of nitro benzene ring substituents is 1. The zero-order chi connectivity index (χ0) is 14.2. The molecule has 7 heteroatoms. The van der Waals surface area contributed by atoms with E-state index in [0.29, 0.717) is 21.6 Å². The second-order valence-corrected chi connectivity index (χ2v) is 4.86. The summed E-state index contributed by atoms with van der Waals surface area (Å²) in [6.07, 6.45) is 0. The fourth-order valence-electron chi connectivity index (χ4n) is 1.68. The Bertz CT molecular complexity index is 725. The van der Waals surface area contributed by atoms with E-state index in [-0.39, 0.29) is 11.2 Å². The molecule has 1 aromatic carbocycles. The van der Waals surface area contributed by atoms with Crippen molar-refractivity contribution in [3.05, 3.63) is 54.4 Å². The van der Waals surface area contributed by atoms with Crippen LogP contribution in [0, 0.1) is 24.0 Å². The van der Waals surface area contributed by atoms with Gasteiger partial charge in [-0.1, -0.05) is 6.07 Å². The number of aromatic nitrogens is 2. The molecule has 1 aromatic heterocycles. The minimum absolute atomic E-state index is 0.0381. The zero-order valence-electron chi connectivity index (χ0n) is 10.2. The molecule has 0 fully saturated rings. The number of aromatic amines is 1. The molecule has 2 rings (SSSR count). The Morgan fingerprint density at radius 2 is 2.05 bits per heavy atom. The standard InChI is InChI=1S/C12H10BrN3O3/c1-6-3-4-8(16(18)19)5-9(6)11-14-7(2)10(13)12(17)15-11/h3-5H,1-2H3,(H,14,15,17). The number of benzene rings is 1. The first kappa shape index (κ1) is 13.4. The van der Waals surface area contributed by atoms with Gasteiger partial charge in [0.2, 0.25) is 0 Å². The van der Waals surface area contributed by atoms with Crippen molar-refractivity contribution >= 4 is 21.6 Å². The molecule has 0 saturated heterocycles. The summed E-state index contributed by atoms with van der Waals surface area (Å²) in [5, 5.41) is 10.8. The van der Waals surface area contributed by atoms with Gasteiger partial charge in [-0.3, -0.25) is 14.9 Å². The molecule has 0 amide bonds. The van der Waals surface area contributed by atoms with E-state index in [1.54, 1.807) is 19.9 Å². The van der Waals surface area contributed by atoms with E-state index in [2.05, 4.69) is 25.9 Å². The van der Waals surface area contributed by atoms with Crippen LogP contribution in [0.15, 0.2) is 27.5 Å².